The number of thiocarbonyl (C=S) groups is 1. The summed E-state index contributed by atoms with van der Waals surface area (Å²) in [5, 5.41) is 4.01. The molecule has 3 nitrogen and oxygen atoms in total. The standard InChI is InChI=1S/C14H14N2OS2/c1-11-4-6-12(7-5-11)10-19-14(18)16-15-9-13-3-2-8-17-13/h2-9H,10H2,1H3,(H,16,18)/b15-9+. The van der Waals surface area contributed by atoms with Gasteiger partial charge in [0.2, 0.25) is 0 Å². The van der Waals surface area contributed by atoms with Gasteiger partial charge >= 0.3 is 0 Å². The molecule has 5 heteroatoms. The van der Waals surface area contributed by atoms with Crippen molar-refractivity contribution in [2.75, 3.05) is 0 Å². The number of hydrogen-bond acceptors (Lipinski definition) is 4. The quantitative estimate of drug-likeness (QED) is 0.529. The molecule has 0 radical (unpaired) electrons. The number of thioether (sulfide) groups is 1. The van der Waals surface area contributed by atoms with Crippen molar-refractivity contribution in [1.82, 2.24) is 5.43 Å². The van der Waals surface area contributed by atoms with Crippen LogP contribution in [0.15, 0.2) is 52.2 Å². The summed E-state index contributed by atoms with van der Waals surface area (Å²) < 4.78 is 5.76. The summed E-state index contributed by atoms with van der Waals surface area (Å²) in [6, 6.07) is 12.1. The van der Waals surface area contributed by atoms with Gasteiger partial charge < -0.3 is 4.42 Å². The molecule has 0 fully saturated rings. The lowest BCUT2D eigenvalue weighted by atomic mass is 10.2. The molecule has 0 saturated heterocycles. The molecule has 2 rings (SSSR count). The molecular formula is C14H14N2OS2. The van der Waals surface area contributed by atoms with E-state index < -0.39 is 0 Å². The summed E-state index contributed by atoms with van der Waals surface area (Å²) >= 11 is 6.73. The molecule has 0 amide bonds. The Labute approximate surface area is 122 Å². The molecule has 98 valence electrons. The third kappa shape index (κ3) is 4.89. The van der Waals surface area contributed by atoms with Gasteiger partial charge in [0, 0.05) is 5.75 Å². The van der Waals surface area contributed by atoms with Crippen LogP contribution in [0, 0.1) is 6.92 Å². The number of nitrogens with one attached hydrogen (secondary N) is 1. The van der Waals surface area contributed by atoms with Crippen LogP contribution in [0.5, 0.6) is 0 Å². The van der Waals surface area contributed by atoms with Crippen LogP contribution in [0.25, 0.3) is 0 Å². The van der Waals surface area contributed by atoms with Crippen LogP contribution in [0.4, 0.5) is 0 Å². The molecule has 19 heavy (non-hydrogen) atoms. The molecule has 0 spiro atoms. The Kier molecular flexibility index (Phi) is 5.18. The Hall–Kier alpha value is -1.59. The third-order valence-corrected chi connectivity index (χ3v) is 3.66. The van der Waals surface area contributed by atoms with Crippen LogP contribution in [0.1, 0.15) is 16.9 Å². The minimum Gasteiger partial charge on any atom is -0.463 e. The lowest BCUT2D eigenvalue weighted by Crippen LogP contribution is -2.11. The van der Waals surface area contributed by atoms with E-state index in [1.807, 2.05) is 12.1 Å². The normalized spacial score (nSPS) is 10.8. The van der Waals surface area contributed by atoms with Crippen LogP contribution in [-0.4, -0.2) is 10.5 Å². The van der Waals surface area contributed by atoms with Gasteiger partial charge in [0.05, 0.1) is 12.5 Å². The zero-order chi connectivity index (χ0) is 13.5. The molecule has 0 aliphatic carbocycles. The van der Waals surface area contributed by atoms with Gasteiger partial charge in [0.15, 0.2) is 4.32 Å². The summed E-state index contributed by atoms with van der Waals surface area (Å²) in [5.41, 5.74) is 5.31. The molecule has 1 N–H and O–H groups in total. The maximum absolute atomic E-state index is 5.18. The molecule has 0 aliphatic heterocycles. The van der Waals surface area contributed by atoms with E-state index >= 15 is 0 Å². The van der Waals surface area contributed by atoms with Crippen molar-refractivity contribution in [3.05, 3.63) is 59.5 Å². The average molecular weight is 290 g/mol. The first-order valence-electron chi connectivity index (χ1n) is 5.79. The molecule has 0 saturated carbocycles. The minimum atomic E-state index is 0.642. The van der Waals surface area contributed by atoms with Gasteiger partial charge in [-0.15, -0.1) is 0 Å². The maximum atomic E-state index is 5.18. The Morgan fingerprint density at radius 2 is 2.16 bits per heavy atom. The van der Waals surface area contributed by atoms with Crippen molar-refractivity contribution in [1.29, 1.82) is 0 Å². The highest BCUT2D eigenvalue weighted by molar-refractivity contribution is 8.22. The number of benzene rings is 1. The van der Waals surface area contributed by atoms with Crippen LogP contribution in [-0.2, 0) is 5.75 Å². The van der Waals surface area contributed by atoms with E-state index in [4.69, 9.17) is 16.6 Å². The van der Waals surface area contributed by atoms with Crippen molar-refractivity contribution in [3.63, 3.8) is 0 Å². The van der Waals surface area contributed by atoms with E-state index in [0.29, 0.717) is 10.1 Å². The van der Waals surface area contributed by atoms with E-state index in [9.17, 15) is 0 Å². The van der Waals surface area contributed by atoms with Crippen molar-refractivity contribution >= 4 is 34.5 Å². The number of aryl methyl sites for hydroxylation is 1. The fraction of sp³-hybridized carbons (Fsp3) is 0.143. The summed E-state index contributed by atoms with van der Waals surface area (Å²) in [4.78, 5) is 0. The van der Waals surface area contributed by atoms with Crippen molar-refractivity contribution in [3.8, 4) is 0 Å². The number of nitrogens with zero attached hydrogens (tertiary/aromatic N) is 1. The molecule has 1 aromatic heterocycles. The molecule has 0 unspecified atom stereocenters. The molecule has 1 heterocycles. The fourth-order valence-corrected chi connectivity index (χ4v) is 2.22. The second-order valence-corrected chi connectivity index (χ2v) is 5.60. The Bertz CT molecular complexity index is 547. The first-order valence-corrected chi connectivity index (χ1v) is 7.18. The Morgan fingerprint density at radius 3 is 2.84 bits per heavy atom. The van der Waals surface area contributed by atoms with Crippen LogP contribution < -0.4 is 5.43 Å². The first kappa shape index (κ1) is 13.8. The van der Waals surface area contributed by atoms with Gasteiger partial charge in [0.25, 0.3) is 0 Å². The second-order valence-electron chi connectivity index (χ2n) is 3.95. The highest BCUT2D eigenvalue weighted by Gasteiger charge is 1.98. The zero-order valence-corrected chi connectivity index (χ0v) is 12.1. The maximum Gasteiger partial charge on any atom is 0.154 e. The largest absolute Gasteiger partial charge is 0.463 e. The molecular weight excluding hydrogens is 276 g/mol. The number of rotatable bonds is 4. The Balaban J connectivity index is 1.74. The van der Waals surface area contributed by atoms with E-state index in [1.54, 1.807) is 24.2 Å². The predicted molar refractivity (Wildman–Crippen MR) is 84.5 cm³/mol. The number of furan rings is 1. The van der Waals surface area contributed by atoms with Gasteiger partial charge in [-0.1, -0.05) is 53.8 Å². The molecule has 2 aromatic rings. The number of hydrogen-bond donors (Lipinski definition) is 1. The molecule has 0 atom stereocenters. The van der Waals surface area contributed by atoms with Gasteiger partial charge in [0.1, 0.15) is 5.76 Å². The molecule has 0 bridgehead atoms. The van der Waals surface area contributed by atoms with E-state index in [2.05, 4.69) is 41.7 Å². The predicted octanol–water partition coefficient (Wildman–Crippen LogP) is 3.73. The summed E-state index contributed by atoms with van der Waals surface area (Å²) in [6.45, 7) is 2.08. The summed E-state index contributed by atoms with van der Waals surface area (Å²) in [5.74, 6) is 1.53. The Morgan fingerprint density at radius 1 is 1.37 bits per heavy atom. The van der Waals surface area contributed by atoms with Gasteiger partial charge in [-0.2, -0.15) is 5.10 Å². The molecule has 1 aromatic carbocycles. The van der Waals surface area contributed by atoms with Gasteiger partial charge in [-0.05, 0) is 24.6 Å². The summed E-state index contributed by atoms with van der Waals surface area (Å²) in [7, 11) is 0. The highest BCUT2D eigenvalue weighted by atomic mass is 32.2. The smallest absolute Gasteiger partial charge is 0.154 e. The van der Waals surface area contributed by atoms with Crippen LogP contribution in [0.3, 0.4) is 0 Å². The first-order chi connectivity index (χ1) is 9.24. The van der Waals surface area contributed by atoms with Gasteiger partial charge in [-0.25, -0.2) is 0 Å². The van der Waals surface area contributed by atoms with Crippen LogP contribution >= 0.6 is 24.0 Å². The minimum absolute atomic E-state index is 0.642. The fourth-order valence-electron chi connectivity index (χ4n) is 1.38. The van der Waals surface area contributed by atoms with E-state index in [0.717, 1.165) is 5.75 Å². The SMILES string of the molecule is Cc1ccc(CSC(=S)N/N=C/c2ccco2)cc1. The van der Waals surface area contributed by atoms with Gasteiger partial charge in [-0.3, -0.25) is 5.43 Å². The van der Waals surface area contributed by atoms with Crippen molar-refractivity contribution < 1.29 is 4.42 Å². The lowest BCUT2D eigenvalue weighted by molar-refractivity contribution is 0.560. The monoisotopic (exact) mass is 290 g/mol. The average Bonchev–Trinajstić information content (AvgIpc) is 2.91. The van der Waals surface area contributed by atoms with Crippen LogP contribution in [0.2, 0.25) is 0 Å². The highest BCUT2D eigenvalue weighted by Crippen LogP contribution is 2.13. The lowest BCUT2D eigenvalue weighted by Gasteiger charge is -2.03. The van der Waals surface area contributed by atoms with Crippen molar-refractivity contribution in [2.45, 2.75) is 12.7 Å². The summed E-state index contributed by atoms with van der Waals surface area (Å²) in [6.07, 6.45) is 3.20. The third-order valence-electron chi connectivity index (χ3n) is 2.38. The second kappa shape index (κ2) is 7.11. The zero-order valence-electron chi connectivity index (χ0n) is 10.5. The number of hydrazone groups is 1. The van der Waals surface area contributed by atoms with E-state index in [-0.39, 0.29) is 0 Å². The van der Waals surface area contributed by atoms with Crippen molar-refractivity contribution in [2.24, 2.45) is 5.10 Å². The molecule has 0 aliphatic rings. The van der Waals surface area contributed by atoms with E-state index in [1.165, 1.54) is 11.1 Å². The topological polar surface area (TPSA) is 37.5 Å².